The predicted octanol–water partition coefficient (Wildman–Crippen LogP) is 12.5. The highest BCUT2D eigenvalue weighted by atomic mass is 16.2. The van der Waals surface area contributed by atoms with Gasteiger partial charge in [0.05, 0.1) is 0 Å². The molecule has 0 fully saturated rings. The molecule has 1 unspecified atom stereocenters. The number of Topliss-reactive ketones (excluding diaryl/α,β-unsaturated/α-hetero) is 2. The zero-order valence-corrected chi connectivity index (χ0v) is 34.4. The molecule has 296 valence electrons. The van der Waals surface area contributed by atoms with Gasteiger partial charge in [0.2, 0.25) is 11.6 Å². The predicted molar refractivity (Wildman–Crippen MR) is 216 cm³/mol. The molecule has 6 nitrogen and oxygen atoms in total. The molecule has 0 saturated heterocycles. The Bertz CT molecular complexity index is 782. The number of carbonyl (C=O) groups excluding carboxylic acids is 4. The van der Waals surface area contributed by atoms with Crippen LogP contribution < -0.4 is 10.6 Å². The Balaban J connectivity index is 0. The summed E-state index contributed by atoms with van der Waals surface area (Å²) < 4.78 is 0. The normalized spacial score (nSPS) is 11.6. The number of unbranched alkanes of at least 4 members (excludes halogenated alkanes) is 23. The first-order valence-electron chi connectivity index (χ1n) is 21.9. The average molecular weight is 707 g/mol. The summed E-state index contributed by atoms with van der Waals surface area (Å²) in [5.74, 6) is -0.688. The van der Waals surface area contributed by atoms with Gasteiger partial charge >= 0.3 is 0 Å². The molecule has 0 aliphatic heterocycles. The van der Waals surface area contributed by atoms with Gasteiger partial charge in [-0.1, -0.05) is 196 Å². The first-order chi connectivity index (χ1) is 24.2. The van der Waals surface area contributed by atoms with Crippen molar-refractivity contribution in [2.45, 2.75) is 247 Å². The van der Waals surface area contributed by atoms with Crippen LogP contribution in [0.3, 0.4) is 0 Å². The number of hydrogen-bond acceptors (Lipinski definition) is 4. The van der Waals surface area contributed by atoms with Crippen LogP contribution in [0.15, 0.2) is 0 Å². The van der Waals surface area contributed by atoms with Crippen LogP contribution >= 0.6 is 0 Å². The van der Waals surface area contributed by atoms with E-state index in [4.69, 9.17) is 0 Å². The minimum atomic E-state index is -0.387. The van der Waals surface area contributed by atoms with E-state index in [0.717, 1.165) is 57.8 Å². The molecule has 0 aliphatic rings. The first-order valence-corrected chi connectivity index (χ1v) is 21.9. The zero-order valence-electron chi connectivity index (χ0n) is 34.4. The fourth-order valence-corrected chi connectivity index (χ4v) is 6.39. The second-order valence-corrected chi connectivity index (χ2v) is 15.3. The molecule has 6 heteroatoms. The van der Waals surface area contributed by atoms with Crippen LogP contribution in [-0.4, -0.2) is 36.0 Å². The second-order valence-electron chi connectivity index (χ2n) is 15.3. The summed E-state index contributed by atoms with van der Waals surface area (Å²) in [5, 5.41) is 5.64. The molecule has 0 spiro atoms. The number of nitrogens with one attached hydrogen (secondary N) is 2. The standard InChI is InChI=1S/C24H47NO2.C20H39NO2/c1-5-7-8-9-10-11-12-13-14-15-16-17-19-23(26)24(27)25-22(18-6-2)20-21(3)4;1-3-5-7-8-9-10-11-12-13-14-15-16-17-19(22)20(23)21-18-6-4-2/h21-22H,5-20H2,1-4H3,(H,25,27);3-18H2,1-2H3,(H,21,23). The molecule has 50 heavy (non-hydrogen) atoms. The smallest absolute Gasteiger partial charge is 0.287 e. The molecule has 0 bridgehead atoms. The summed E-state index contributed by atoms with van der Waals surface area (Å²) in [4.78, 5) is 47.2. The molecular weight excluding hydrogens is 620 g/mol. The van der Waals surface area contributed by atoms with E-state index in [1.54, 1.807) is 0 Å². The molecule has 0 aromatic carbocycles. The van der Waals surface area contributed by atoms with Crippen LogP contribution in [0.25, 0.3) is 0 Å². The molecule has 0 radical (unpaired) electrons. The molecule has 0 aromatic rings. The Morgan fingerprint density at radius 2 is 0.760 bits per heavy atom. The summed E-state index contributed by atoms with van der Waals surface area (Å²) >= 11 is 0. The fourth-order valence-electron chi connectivity index (χ4n) is 6.39. The van der Waals surface area contributed by atoms with Crippen LogP contribution in [-0.2, 0) is 19.2 Å². The Morgan fingerprint density at radius 3 is 1.10 bits per heavy atom. The van der Waals surface area contributed by atoms with Gasteiger partial charge in [-0.15, -0.1) is 0 Å². The third-order valence-electron chi connectivity index (χ3n) is 9.57. The van der Waals surface area contributed by atoms with Crippen molar-refractivity contribution in [1.29, 1.82) is 0 Å². The van der Waals surface area contributed by atoms with E-state index >= 15 is 0 Å². The summed E-state index contributed by atoms with van der Waals surface area (Å²) in [6.45, 7) is 13.6. The lowest BCUT2D eigenvalue weighted by molar-refractivity contribution is -0.138. The number of rotatable bonds is 36. The maximum atomic E-state index is 12.1. The topological polar surface area (TPSA) is 92.3 Å². The van der Waals surface area contributed by atoms with Crippen molar-refractivity contribution in [2.24, 2.45) is 5.92 Å². The van der Waals surface area contributed by atoms with Crippen molar-refractivity contribution in [2.75, 3.05) is 6.54 Å². The summed E-state index contributed by atoms with van der Waals surface area (Å²) in [5.41, 5.74) is 0. The third kappa shape index (κ3) is 37.5. The van der Waals surface area contributed by atoms with Gasteiger partial charge in [0.25, 0.3) is 11.8 Å². The van der Waals surface area contributed by atoms with E-state index in [2.05, 4.69) is 52.2 Å². The van der Waals surface area contributed by atoms with Crippen molar-refractivity contribution in [3.8, 4) is 0 Å². The lowest BCUT2D eigenvalue weighted by atomic mass is 9.99. The molecule has 0 aromatic heterocycles. The van der Waals surface area contributed by atoms with Crippen molar-refractivity contribution in [1.82, 2.24) is 10.6 Å². The van der Waals surface area contributed by atoms with E-state index in [0.29, 0.717) is 25.3 Å². The minimum Gasteiger partial charge on any atom is -0.350 e. The largest absolute Gasteiger partial charge is 0.350 e. The fraction of sp³-hybridized carbons (Fsp3) is 0.909. The van der Waals surface area contributed by atoms with Gasteiger partial charge in [0.15, 0.2) is 0 Å². The third-order valence-corrected chi connectivity index (χ3v) is 9.57. The molecule has 2 amide bonds. The van der Waals surface area contributed by atoms with Gasteiger partial charge in [0, 0.05) is 25.4 Å². The lowest BCUT2D eigenvalue weighted by Gasteiger charge is -2.19. The Kier molecular flexibility index (Phi) is 40.4. The first kappa shape index (κ1) is 50.4. The second kappa shape index (κ2) is 40.1. The van der Waals surface area contributed by atoms with E-state index in [9.17, 15) is 19.2 Å². The maximum Gasteiger partial charge on any atom is 0.287 e. The van der Waals surface area contributed by atoms with Crippen LogP contribution in [0.2, 0.25) is 0 Å². The average Bonchev–Trinajstić information content (AvgIpc) is 3.09. The number of amides is 2. The maximum absolute atomic E-state index is 12.1. The summed E-state index contributed by atoms with van der Waals surface area (Å²) in [6.07, 6.45) is 36.4. The lowest BCUT2D eigenvalue weighted by Crippen LogP contribution is -2.39. The van der Waals surface area contributed by atoms with Crippen molar-refractivity contribution in [3.63, 3.8) is 0 Å². The highest BCUT2D eigenvalue weighted by molar-refractivity contribution is 6.36. The Labute approximate surface area is 311 Å². The Hall–Kier alpha value is -1.72. The van der Waals surface area contributed by atoms with Gasteiger partial charge in [-0.05, 0) is 38.0 Å². The highest BCUT2D eigenvalue weighted by Crippen LogP contribution is 2.14. The summed E-state index contributed by atoms with van der Waals surface area (Å²) in [6, 6.07) is 0.147. The van der Waals surface area contributed by atoms with Gasteiger partial charge < -0.3 is 10.6 Å². The minimum absolute atomic E-state index is 0.147. The number of ketones is 2. The molecule has 0 heterocycles. The quantitative estimate of drug-likeness (QED) is 0.0501. The van der Waals surface area contributed by atoms with Crippen molar-refractivity contribution in [3.05, 3.63) is 0 Å². The van der Waals surface area contributed by atoms with Gasteiger partial charge in [-0.3, -0.25) is 19.2 Å². The Morgan fingerprint density at radius 1 is 0.420 bits per heavy atom. The van der Waals surface area contributed by atoms with Crippen LogP contribution in [0.5, 0.6) is 0 Å². The summed E-state index contributed by atoms with van der Waals surface area (Å²) in [7, 11) is 0. The molecule has 2 N–H and O–H groups in total. The van der Waals surface area contributed by atoms with E-state index in [1.165, 1.54) is 128 Å². The van der Waals surface area contributed by atoms with Crippen LogP contribution in [0.1, 0.15) is 241 Å². The molecular formula is C44H86N2O4. The van der Waals surface area contributed by atoms with Crippen LogP contribution in [0, 0.1) is 5.92 Å². The molecule has 0 saturated carbocycles. The van der Waals surface area contributed by atoms with Gasteiger partial charge in [-0.2, -0.15) is 0 Å². The number of carbonyl (C=O) groups is 4. The number of hydrogen-bond donors (Lipinski definition) is 2. The molecule has 0 aliphatic carbocycles. The molecule has 0 rings (SSSR count). The van der Waals surface area contributed by atoms with E-state index < -0.39 is 0 Å². The van der Waals surface area contributed by atoms with E-state index in [1.807, 2.05) is 0 Å². The highest BCUT2D eigenvalue weighted by Gasteiger charge is 2.18. The zero-order chi connectivity index (χ0) is 37.5. The molecule has 1 atom stereocenters. The van der Waals surface area contributed by atoms with Crippen LogP contribution in [0.4, 0.5) is 0 Å². The van der Waals surface area contributed by atoms with Gasteiger partial charge in [-0.25, -0.2) is 0 Å². The SMILES string of the molecule is CCCCCCCCCCCCCCC(=O)C(=O)NC(CCC)CC(C)C.CCCCCCCCCCCCCCC(=O)C(=O)NCCCC. The van der Waals surface area contributed by atoms with Crippen molar-refractivity contribution < 1.29 is 19.2 Å². The monoisotopic (exact) mass is 707 g/mol. The van der Waals surface area contributed by atoms with Crippen molar-refractivity contribution >= 4 is 23.4 Å². The van der Waals surface area contributed by atoms with E-state index in [-0.39, 0.29) is 29.4 Å². The van der Waals surface area contributed by atoms with Gasteiger partial charge in [0.1, 0.15) is 0 Å².